The molecule has 1 aromatic heterocycles. The molecule has 6 nitrogen and oxygen atoms in total. The summed E-state index contributed by atoms with van der Waals surface area (Å²) in [6.07, 6.45) is 5.51. The van der Waals surface area contributed by atoms with Crippen LogP contribution in [0.1, 0.15) is 32.1 Å². The van der Waals surface area contributed by atoms with Crippen LogP contribution in [0.15, 0.2) is 95.9 Å². The number of sulfonamides is 1. The van der Waals surface area contributed by atoms with Crippen molar-refractivity contribution in [2.75, 3.05) is 0 Å². The summed E-state index contributed by atoms with van der Waals surface area (Å²) in [5, 5.41) is 8.16. The van der Waals surface area contributed by atoms with Gasteiger partial charge in [0, 0.05) is 17.2 Å². The molecule has 8 heteroatoms. The third-order valence-electron chi connectivity index (χ3n) is 6.41. The van der Waals surface area contributed by atoms with Gasteiger partial charge in [0.05, 0.1) is 22.0 Å². The number of hydrogen-bond acceptors (Lipinski definition) is 4. The predicted molar refractivity (Wildman–Crippen MR) is 147 cm³/mol. The molecule has 0 amide bonds. The molecule has 0 radical (unpaired) electrons. The lowest BCUT2D eigenvalue weighted by atomic mass is 9.96. The van der Waals surface area contributed by atoms with E-state index < -0.39 is 10.0 Å². The Labute approximate surface area is 217 Å². The maximum Gasteiger partial charge on any atom is 0.263 e. The Morgan fingerprint density at radius 1 is 0.833 bits per heavy atom. The van der Waals surface area contributed by atoms with E-state index in [-0.39, 0.29) is 16.0 Å². The summed E-state index contributed by atoms with van der Waals surface area (Å²) in [5.41, 5.74) is 4.55. The lowest BCUT2D eigenvalue weighted by molar-refractivity contribution is 0.413. The molecule has 0 unspecified atom stereocenters. The number of benzene rings is 3. The average Bonchev–Trinajstić information content (AvgIpc) is 3.36. The molecule has 0 aliphatic heterocycles. The Morgan fingerprint density at radius 2 is 1.44 bits per heavy atom. The van der Waals surface area contributed by atoms with Crippen molar-refractivity contribution in [2.45, 2.75) is 43.0 Å². The number of nitrogens with zero attached hydrogens (tertiary/aromatic N) is 2. The normalized spacial score (nSPS) is 14.3. The van der Waals surface area contributed by atoms with E-state index in [1.165, 1.54) is 6.42 Å². The fourth-order valence-corrected chi connectivity index (χ4v) is 5.96. The molecule has 0 atom stereocenters. The zero-order chi connectivity index (χ0) is 25.0. The van der Waals surface area contributed by atoms with Gasteiger partial charge in [-0.1, -0.05) is 79.9 Å². The number of rotatable bonds is 6. The van der Waals surface area contributed by atoms with Crippen molar-refractivity contribution in [3.63, 3.8) is 0 Å². The van der Waals surface area contributed by atoms with Gasteiger partial charge in [-0.25, -0.2) is 13.1 Å². The Balaban J connectivity index is 1.41. The molecular formula is C28H28N4O2S2. The van der Waals surface area contributed by atoms with Crippen molar-refractivity contribution < 1.29 is 8.42 Å². The molecule has 1 saturated carbocycles. The molecule has 3 aromatic carbocycles. The minimum Gasteiger partial charge on any atom is -0.359 e. The summed E-state index contributed by atoms with van der Waals surface area (Å²) < 4.78 is 30.3. The number of thiocarbonyl (C=S) groups is 1. The molecule has 1 fully saturated rings. The Bertz CT molecular complexity index is 1430. The predicted octanol–water partition coefficient (Wildman–Crippen LogP) is 5.69. The minimum atomic E-state index is -3.79. The van der Waals surface area contributed by atoms with Crippen molar-refractivity contribution in [1.82, 2.24) is 19.8 Å². The van der Waals surface area contributed by atoms with E-state index in [1.807, 2.05) is 71.4 Å². The zero-order valence-corrected chi connectivity index (χ0v) is 21.4. The van der Waals surface area contributed by atoms with Gasteiger partial charge in [0.15, 0.2) is 5.11 Å². The molecule has 5 rings (SSSR count). The Kier molecular flexibility index (Phi) is 7.16. The van der Waals surface area contributed by atoms with Gasteiger partial charge >= 0.3 is 0 Å². The van der Waals surface area contributed by atoms with Crippen molar-refractivity contribution in [3.05, 3.63) is 91.0 Å². The number of aromatic nitrogens is 2. The van der Waals surface area contributed by atoms with Crippen LogP contribution in [-0.2, 0) is 10.0 Å². The molecule has 1 aliphatic rings. The SMILES string of the molecule is O=S(=O)(NC(=S)NC1CCCCC1)c1ccc(-n2nc(-c3ccccc3)cc2-c2ccccc2)cc1. The van der Waals surface area contributed by atoms with E-state index in [4.69, 9.17) is 17.3 Å². The van der Waals surface area contributed by atoms with Gasteiger partial charge in [-0.15, -0.1) is 0 Å². The first kappa shape index (κ1) is 24.2. The molecule has 1 aliphatic carbocycles. The third-order valence-corrected chi connectivity index (χ3v) is 8.12. The molecule has 4 aromatic rings. The van der Waals surface area contributed by atoms with Crippen LogP contribution in [0.25, 0.3) is 28.2 Å². The van der Waals surface area contributed by atoms with Crippen LogP contribution in [0.4, 0.5) is 0 Å². The zero-order valence-electron chi connectivity index (χ0n) is 19.8. The first-order valence-corrected chi connectivity index (χ1v) is 14.0. The average molecular weight is 517 g/mol. The lowest BCUT2D eigenvalue weighted by Gasteiger charge is -2.24. The highest BCUT2D eigenvalue weighted by atomic mass is 32.2. The topological polar surface area (TPSA) is 76.0 Å². The third kappa shape index (κ3) is 5.50. The van der Waals surface area contributed by atoms with Crippen LogP contribution in [0.2, 0.25) is 0 Å². The second kappa shape index (κ2) is 10.6. The van der Waals surface area contributed by atoms with Crippen LogP contribution in [0, 0.1) is 0 Å². The van der Waals surface area contributed by atoms with E-state index >= 15 is 0 Å². The standard InChI is InChI=1S/C28H28N4O2S2/c33-36(34,31-28(35)29-23-14-8-3-9-15-23)25-18-16-24(17-19-25)32-27(22-12-6-2-7-13-22)20-26(30-32)21-10-4-1-5-11-21/h1-2,4-7,10-13,16-20,23H,3,8-9,14-15H2,(H2,29,31,35). The van der Waals surface area contributed by atoms with Gasteiger partial charge in [-0.2, -0.15) is 5.10 Å². The second-order valence-electron chi connectivity index (χ2n) is 8.97. The largest absolute Gasteiger partial charge is 0.359 e. The van der Waals surface area contributed by atoms with Crippen LogP contribution in [-0.4, -0.2) is 29.4 Å². The van der Waals surface area contributed by atoms with E-state index in [2.05, 4.69) is 10.0 Å². The summed E-state index contributed by atoms with van der Waals surface area (Å²) in [7, 11) is -3.79. The van der Waals surface area contributed by atoms with Crippen LogP contribution in [0.5, 0.6) is 0 Å². The Hall–Kier alpha value is -3.49. The van der Waals surface area contributed by atoms with Crippen molar-refractivity contribution in [3.8, 4) is 28.2 Å². The highest BCUT2D eigenvalue weighted by Gasteiger charge is 2.20. The molecule has 184 valence electrons. The summed E-state index contributed by atoms with van der Waals surface area (Å²) in [6, 6.07) is 29.0. The van der Waals surface area contributed by atoms with E-state index in [0.29, 0.717) is 0 Å². The Morgan fingerprint density at radius 3 is 2.08 bits per heavy atom. The fourth-order valence-electron chi connectivity index (χ4n) is 4.55. The van der Waals surface area contributed by atoms with E-state index in [9.17, 15) is 8.42 Å². The van der Waals surface area contributed by atoms with Gasteiger partial charge in [-0.05, 0) is 55.4 Å². The summed E-state index contributed by atoms with van der Waals surface area (Å²) in [5.74, 6) is 0. The van der Waals surface area contributed by atoms with Crippen LogP contribution < -0.4 is 10.0 Å². The van der Waals surface area contributed by atoms with Crippen molar-refractivity contribution in [1.29, 1.82) is 0 Å². The summed E-state index contributed by atoms with van der Waals surface area (Å²) in [6.45, 7) is 0. The van der Waals surface area contributed by atoms with Crippen molar-refractivity contribution in [2.24, 2.45) is 0 Å². The molecule has 0 saturated heterocycles. The maximum absolute atomic E-state index is 12.9. The van der Waals surface area contributed by atoms with Crippen LogP contribution >= 0.6 is 12.2 Å². The minimum absolute atomic E-state index is 0.149. The van der Waals surface area contributed by atoms with E-state index in [0.717, 1.165) is 53.9 Å². The van der Waals surface area contributed by atoms with Crippen LogP contribution in [0.3, 0.4) is 0 Å². The van der Waals surface area contributed by atoms with Gasteiger partial charge in [0.2, 0.25) is 0 Å². The second-order valence-corrected chi connectivity index (χ2v) is 11.1. The molecule has 1 heterocycles. The quantitative estimate of drug-likeness (QED) is 0.322. The fraction of sp³-hybridized carbons (Fsp3) is 0.214. The summed E-state index contributed by atoms with van der Waals surface area (Å²) in [4.78, 5) is 0.149. The first-order valence-electron chi connectivity index (χ1n) is 12.1. The molecular weight excluding hydrogens is 488 g/mol. The molecule has 0 spiro atoms. The summed E-state index contributed by atoms with van der Waals surface area (Å²) >= 11 is 5.29. The monoisotopic (exact) mass is 516 g/mol. The van der Waals surface area contributed by atoms with Crippen molar-refractivity contribution >= 4 is 27.4 Å². The smallest absolute Gasteiger partial charge is 0.263 e. The highest BCUT2D eigenvalue weighted by Crippen LogP contribution is 2.29. The highest BCUT2D eigenvalue weighted by molar-refractivity contribution is 7.91. The van der Waals surface area contributed by atoms with Gasteiger partial charge in [0.1, 0.15) is 0 Å². The number of nitrogens with one attached hydrogen (secondary N) is 2. The van der Waals surface area contributed by atoms with Gasteiger partial charge in [0.25, 0.3) is 10.0 Å². The molecule has 2 N–H and O–H groups in total. The van der Waals surface area contributed by atoms with Gasteiger partial charge in [-0.3, -0.25) is 4.72 Å². The van der Waals surface area contributed by atoms with Gasteiger partial charge < -0.3 is 5.32 Å². The number of hydrogen-bond donors (Lipinski definition) is 2. The first-order chi connectivity index (χ1) is 17.5. The van der Waals surface area contributed by atoms with E-state index in [1.54, 1.807) is 24.3 Å². The molecule has 0 bridgehead atoms. The lowest BCUT2D eigenvalue weighted by Crippen LogP contribution is -2.44. The maximum atomic E-state index is 12.9. The molecule has 36 heavy (non-hydrogen) atoms.